The third kappa shape index (κ3) is 4.51. The lowest BCUT2D eigenvalue weighted by Gasteiger charge is -2.32. The summed E-state index contributed by atoms with van der Waals surface area (Å²) >= 11 is 0. The summed E-state index contributed by atoms with van der Waals surface area (Å²) in [4.78, 5) is 0. The van der Waals surface area contributed by atoms with Crippen molar-refractivity contribution in [3.63, 3.8) is 0 Å². The monoisotopic (exact) mass is 263 g/mol. The normalized spacial score (nSPS) is 18.2. The second kappa shape index (κ2) is 6.92. The van der Waals surface area contributed by atoms with E-state index < -0.39 is 5.60 Å². The van der Waals surface area contributed by atoms with Crippen LogP contribution in [0.2, 0.25) is 0 Å². The Morgan fingerprint density at radius 2 is 1.84 bits per heavy atom. The molecule has 0 heterocycles. The molecule has 1 aliphatic rings. The molecule has 1 fully saturated rings. The van der Waals surface area contributed by atoms with Gasteiger partial charge in [-0.2, -0.15) is 0 Å². The maximum Gasteiger partial charge on any atom is 0.118 e. The van der Waals surface area contributed by atoms with Crippen LogP contribution in [0.3, 0.4) is 0 Å². The molecule has 0 amide bonds. The lowest BCUT2D eigenvalue weighted by atomic mass is 9.85. The van der Waals surface area contributed by atoms with Crippen molar-refractivity contribution in [2.75, 3.05) is 20.2 Å². The maximum absolute atomic E-state index is 10.4. The lowest BCUT2D eigenvalue weighted by Crippen LogP contribution is -2.42. The van der Waals surface area contributed by atoms with Gasteiger partial charge in [0.2, 0.25) is 0 Å². The van der Waals surface area contributed by atoms with Crippen molar-refractivity contribution < 1.29 is 9.84 Å². The summed E-state index contributed by atoms with van der Waals surface area (Å²) in [6.45, 7) is 1.64. The molecule has 1 aromatic rings. The molecule has 3 heteroatoms. The van der Waals surface area contributed by atoms with Gasteiger partial charge in [-0.15, -0.1) is 0 Å². The minimum absolute atomic E-state index is 0.460. The standard InChI is InChI=1S/C16H25NO2/c1-19-15-7-5-14(6-8-15)9-12-17-13-16(18)10-3-2-4-11-16/h5-8,17-18H,2-4,9-13H2,1H3. The van der Waals surface area contributed by atoms with Gasteiger partial charge in [0.15, 0.2) is 0 Å². The molecule has 3 nitrogen and oxygen atoms in total. The summed E-state index contributed by atoms with van der Waals surface area (Å²) in [6, 6.07) is 8.17. The predicted molar refractivity (Wildman–Crippen MR) is 77.6 cm³/mol. The van der Waals surface area contributed by atoms with E-state index in [4.69, 9.17) is 4.74 Å². The molecule has 2 rings (SSSR count). The molecule has 0 radical (unpaired) electrons. The van der Waals surface area contributed by atoms with Crippen LogP contribution in [0.25, 0.3) is 0 Å². The third-order valence-electron chi connectivity index (χ3n) is 3.99. The quantitative estimate of drug-likeness (QED) is 0.775. The average molecular weight is 263 g/mol. The van der Waals surface area contributed by atoms with E-state index >= 15 is 0 Å². The predicted octanol–water partition coefficient (Wildman–Crippen LogP) is 2.52. The zero-order valence-electron chi connectivity index (χ0n) is 11.8. The first-order chi connectivity index (χ1) is 9.22. The van der Waals surface area contributed by atoms with Gasteiger partial charge in [-0.1, -0.05) is 31.4 Å². The van der Waals surface area contributed by atoms with E-state index in [-0.39, 0.29) is 0 Å². The van der Waals surface area contributed by atoms with E-state index in [9.17, 15) is 5.11 Å². The molecule has 0 saturated heterocycles. The molecule has 0 aliphatic heterocycles. The molecular formula is C16H25NO2. The van der Waals surface area contributed by atoms with Gasteiger partial charge in [0, 0.05) is 6.54 Å². The molecule has 19 heavy (non-hydrogen) atoms. The van der Waals surface area contributed by atoms with Gasteiger partial charge in [0.1, 0.15) is 5.75 Å². The molecule has 1 saturated carbocycles. The first-order valence-electron chi connectivity index (χ1n) is 7.28. The fraction of sp³-hybridized carbons (Fsp3) is 0.625. The molecule has 0 bridgehead atoms. The van der Waals surface area contributed by atoms with Crippen LogP contribution in [0.1, 0.15) is 37.7 Å². The van der Waals surface area contributed by atoms with Crippen molar-refractivity contribution in [3.8, 4) is 5.75 Å². The minimum Gasteiger partial charge on any atom is -0.497 e. The number of hydrogen-bond acceptors (Lipinski definition) is 3. The second-order valence-corrected chi connectivity index (χ2v) is 5.56. The summed E-state index contributed by atoms with van der Waals surface area (Å²) in [5, 5.41) is 13.7. The number of aliphatic hydroxyl groups is 1. The number of hydrogen-bond donors (Lipinski definition) is 2. The zero-order chi connectivity index (χ0) is 13.6. The van der Waals surface area contributed by atoms with Crippen LogP contribution in [-0.4, -0.2) is 30.9 Å². The number of benzene rings is 1. The highest BCUT2D eigenvalue weighted by molar-refractivity contribution is 5.27. The van der Waals surface area contributed by atoms with E-state index in [2.05, 4.69) is 17.4 Å². The van der Waals surface area contributed by atoms with Crippen LogP contribution in [0.5, 0.6) is 5.75 Å². The Kier molecular flexibility index (Phi) is 5.23. The van der Waals surface area contributed by atoms with Crippen molar-refractivity contribution in [1.82, 2.24) is 5.32 Å². The Morgan fingerprint density at radius 1 is 1.16 bits per heavy atom. The van der Waals surface area contributed by atoms with Crippen molar-refractivity contribution in [1.29, 1.82) is 0 Å². The Hall–Kier alpha value is -1.06. The molecule has 2 N–H and O–H groups in total. The smallest absolute Gasteiger partial charge is 0.118 e. The van der Waals surface area contributed by atoms with Gasteiger partial charge in [-0.05, 0) is 43.5 Å². The Morgan fingerprint density at radius 3 is 2.47 bits per heavy atom. The first-order valence-corrected chi connectivity index (χ1v) is 7.28. The van der Waals surface area contributed by atoms with Gasteiger partial charge in [-0.3, -0.25) is 0 Å². The Balaban J connectivity index is 1.68. The number of nitrogens with one attached hydrogen (secondary N) is 1. The average Bonchev–Trinajstić information content (AvgIpc) is 2.45. The lowest BCUT2D eigenvalue weighted by molar-refractivity contribution is 0.00517. The van der Waals surface area contributed by atoms with Crippen LogP contribution in [-0.2, 0) is 6.42 Å². The number of methoxy groups -OCH3 is 1. The minimum atomic E-state index is -0.460. The summed E-state index contributed by atoms with van der Waals surface area (Å²) in [6.07, 6.45) is 6.48. The molecule has 0 spiro atoms. The highest BCUT2D eigenvalue weighted by atomic mass is 16.5. The zero-order valence-corrected chi connectivity index (χ0v) is 11.8. The molecule has 0 aromatic heterocycles. The largest absolute Gasteiger partial charge is 0.497 e. The molecule has 0 unspecified atom stereocenters. The second-order valence-electron chi connectivity index (χ2n) is 5.56. The molecule has 1 aromatic carbocycles. The van der Waals surface area contributed by atoms with Gasteiger partial charge in [-0.25, -0.2) is 0 Å². The summed E-state index contributed by atoms with van der Waals surface area (Å²) in [5.74, 6) is 0.897. The fourth-order valence-corrected chi connectivity index (χ4v) is 2.73. The maximum atomic E-state index is 10.4. The van der Waals surface area contributed by atoms with E-state index in [1.807, 2.05) is 12.1 Å². The molecule has 1 aliphatic carbocycles. The first kappa shape index (κ1) is 14.4. The fourth-order valence-electron chi connectivity index (χ4n) is 2.73. The Labute approximate surface area is 116 Å². The van der Waals surface area contributed by atoms with Crippen LogP contribution in [0.15, 0.2) is 24.3 Å². The van der Waals surface area contributed by atoms with Crippen molar-refractivity contribution >= 4 is 0 Å². The summed E-state index contributed by atoms with van der Waals surface area (Å²) in [7, 11) is 1.68. The highest BCUT2D eigenvalue weighted by Crippen LogP contribution is 2.27. The molecular weight excluding hydrogens is 238 g/mol. The van der Waals surface area contributed by atoms with E-state index in [1.54, 1.807) is 7.11 Å². The van der Waals surface area contributed by atoms with Crippen LogP contribution in [0.4, 0.5) is 0 Å². The van der Waals surface area contributed by atoms with Gasteiger partial charge in [0.25, 0.3) is 0 Å². The third-order valence-corrected chi connectivity index (χ3v) is 3.99. The molecule has 106 valence electrons. The van der Waals surface area contributed by atoms with E-state index in [1.165, 1.54) is 12.0 Å². The van der Waals surface area contributed by atoms with Crippen molar-refractivity contribution in [3.05, 3.63) is 29.8 Å². The van der Waals surface area contributed by atoms with E-state index in [0.717, 1.165) is 50.9 Å². The SMILES string of the molecule is COc1ccc(CCNCC2(O)CCCCC2)cc1. The highest BCUT2D eigenvalue weighted by Gasteiger charge is 2.28. The topological polar surface area (TPSA) is 41.5 Å². The summed E-state index contributed by atoms with van der Waals surface area (Å²) in [5.41, 5.74) is 0.835. The van der Waals surface area contributed by atoms with Crippen molar-refractivity contribution in [2.24, 2.45) is 0 Å². The van der Waals surface area contributed by atoms with Crippen LogP contribution in [0, 0.1) is 0 Å². The number of ether oxygens (including phenoxy) is 1. The number of rotatable bonds is 6. The molecule has 0 atom stereocenters. The van der Waals surface area contributed by atoms with Gasteiger partial charge in [0.05, 0.1) is 12.7 Å². The van der Waals surface area contributed by atoms with Crippen LogP contribution < -0.4 is 10.1 Å². The van der Waals surface area contributed by atoms with Gasteiger partial charge < -0.3 is 15.2 Å². The van der Waals surface area contributed by atoms with E-state index in [0.29, 0.717) is 0 Å². The summed E-state index contributed by atoms with van der Waals surface area (Å²) < 4.78 is 5.14. The van der Waals surface area contributed by atoms with Crippen LogP contribution >= 0.6 is 0 Å². The van der Waals surface area contributed by atoms with Crippen molar-refractivity contribution in [2.45, 2.75) is 44.1 Å². The van der Waals surface area contributed by atoms with Gasteiger partial charge >= 0.3 is 0 Å². The Bertz CT molecular complexity index is 369.